The molecule has 0 saturated carbocycles. The molecule has 0 spiro atoms. The standard InChI is InChI=1S/C18H30O4/c1-6-9-11-13-15(8-3)18(16(19)21-4,17(20)22-5)14-12-10-7-2/h3,15H,6-7,9-14H2,1-2,4-5H3. The highest BCUT2D eigenvalue weighted by Crippen LogP contribution is 2.39. The largest absolute Gasteiger partial charge is 0.468 e. The summed E-state index contributed by atoms with van der Waals surface area (Å²) in [6.07, 6.45) is 12.3. The molecule has 1 atom stereocenters. The lowest BCUT2D eigenvalue weighted by molar-refractivity contribution is -0.173. The summed E-state index contributed by atoms with van der Waals surface area (Å²) in [7, 11) is 2.58. The molecule has 1 unspecified atom stereocenters. The maximum Gasteiger partial charge on any atom is 0.324 e. The lowest BCUT2D eigenvalue weighted by Gasteiger charge is -2.33. The van der Waals surface area contributed by atoms with E-state index in [1.807, 2.05) is 0 Å². The summed E-state index contributed by atoms with van der Waals surface area (Å²) in [5.41, 5.74) is -1.37. The lowest BCUT2D eigenvalue weighted by atomic mass is 9.70. The second kappa shape index (κ2) is 11.1. The number of esters is 2. The van der Waals surface area contributed by atoms with Crippen LogP contribution in [0, 0.1) is 23.7 Å². The molecule has 0 aliphatic carbocycles. The van der Waals surface area contributed by atoms with Crippen molar-refractivity contribution in [3.63, 3.8) is 0 Å². The van der Waals surface area contributed by atoms with Gasteiger partial charge in [-0.1, -0.05) is 52.4 Å². The smallest absolute Gasteiger partial charge is 0.324 e. The molecule has 0 heterocycles. The molecule has 0 aliphatic rings. The van der Waals surface area contributed by atoms with Crippen molar-refractivity contribution < 1.29 is 19.1 Å². The Morgan fingerprint density at radius 2 is 1.50 bits per heavy atom. The molecule has 0 amide bonds. The van der Waals surface area contributed by atoms with E-state index in [1.165, 1.54) is 14.2 Å². The van der Waals surface area contributed by atoms with Crippen molar-refractivity contribution in [2.24, 2.45) is 11.3 Å². The van der Waals surface area contributed by atoms with E-state index >= 15 is 0 Å². The summed E-state index contributed by atoms with van der Waals surface area (Å²) in [5, 5.41) is 0. The molecule has 0 N–H and O–H groups in total. The number of rotatable bonds is 11. The quantitative estimate of drug-likeness (QED) is 0.252. The Morgan fingerprint density at radius 1 is 1.00 bits per heavy atom. The zero-order valence-corrected chi connectivity index (χ0v) is 14.4. The highest BCUT2D eigenvalue weighted by molar-refractivity contribution is 6.00. The van der Waals surface area contributed by atoms with Crippen LogP contribution < -0.4 is 0 Å². The molecule has 4 nitrogen and oxygen atoms in total. The minimum atomic E-state index is -1.37. The molecule has 0 saturated heterocycles. The van der Waals surface area contributed by atoms with Crippen molar-refractivity contribution in [2.75, 3.05) is 14.2 Å². The second-order valence-electron chi connectivity index (χ2n) is 5.63. The first kappa shape index (κ1) is 20.5. The van der Waals surface area contributed by atoms with E-state index in [0.29, 0.717) is 12.8 Å². The van der Waals surface area contributed by atoms with E-state index in [2.05, 4.69) is 19.8 Å². The van der Waals surface area contributed by atoms with Gasteiger partial charge in [0.05, 0.1) is 14.2 Å². The van der Waals surface area contributed by atoms with E-state index in [1.54, 1.807) is 0 Å². The van der Waals surface area contributed by atoms with Crippen LogP contribution >= 0.6 is 0 Å². The third-order valence-corrected chi connectivity index (χ3v) is 4.17. The highest BCUT2D eigenvalue weighted by Gasteiger charge is 2.53. The van der Waals surface area contributed by atoms with Gasteiger partial charge in [0.1, 0.15) is 0 Å². The topological polar surface area (TPSA) is 52.6 Å². The third kappa shape index (κ3) is 5.05. The van der Waals surface area contributed by atoms with Crippen molar-refractivity contribution in [2.45, 2.75) is 65.2 Å². The van der Waals surface area contributed by atoms with Crippen LogP contribution in [0.25, 0.3) is 0 Å². The minimum absolute atomic E-state index is 0.376. The van der Waals surface area contributed by atoms with Gasteiger partial charge in [0.25, 0.3) is 0 Å². The summed E-state index contributed by atoms with van der Waals surface area (Å²) < 4.78 is 9.85. The minimum Gasteiger partial charge on any atom is -0.468 e. The maximum absolute atomic E-state index is 12.4. The van der Waals surface area contributed by atoms with Crippen molar-refractivity contribution in [3.8, 4) is 12.3 Å². The van der Waals surface area contributed by atoms with Gasteiger partial charge in [-0.15, -0.1) is 12.3 Å². The number of ether oxygens (including phenoxy) is 2. The van der Waals surface area contributed by atoms with Gasteiger partial charge in [0.2, 0.25) is 0 Å². The van der Waals surface area contributed by atoms with E-state index in [4.69, 9.17) is 15.9 Å². The van der Waals surface area contributed by atoms with E-state index in [0.717, 1.165) is 38.5 Å². The molecule has 0 fully saturated rings. The molecule has 0 radical (unpaired) electrons. The maximum atomic E-state index is 12.4. The normalized spacial score (nSPS) is 12.3. The van der Waals surface area contributed by atoms with Crippen LogP contribution in [-0.4, -0.2) is 26.2 Å². The lowest BCUT2D eigenvalue weighted by Crippen LogP contribution is -2.47. The van der Waals surface area contributed by atoms with Crippen molar-refractivity contribution in [1.82, 2.24) is 0 Å². The molecule has 4 heteroatoms. The van der Waals surface area contributed by atoms with Crippen LogP contribution in [0.15, 0.2) is 0 Å². The van der Waals surface area contributed by atoms with Crippen LogP contribution in [0.5, 0.6) is 0 Å². The molecule has 0 aromatic rings. The predicted octanol–water partition coefficient (Wildman–Crippen LogP) is 3.73. The van der Waals surface area contributed by atoms with Crippen LogP contribution in [0.3, 0.4) is 0 Å². The Kier molecular flexibility index (Phi) is 10.4. The molecule has 0 aromatic carbocycles. The van der Waals surface area contributed by atoms with Crippen LogP contribution in [0.4, 0.5) is 0 Å². The monoisotopic (exact) mass is 310 g/mol. The molecular weight excluding hydrogens is 280 g/mol. The Labute approximate surface area is 134 Å². The summed E-state index contributed by atoms with van der Waals surface area (Å²) in [6.45, 7) is 4.16. The first-order valence-corrected chi connectivity index (χ1v) is 8.18. The number of terminal acetylenes is 1. The predicted molar refractivity (Wildman–Crippen MR) is 87.1 cm³/mol. The number of hydrogen-bond acceptors (Lipinski definition) is 4. The highest BCUT2D eigenvalue weighted by atomic mass is 16.5. The first-order chi connectivity index (χ1) is 10.5. The fraction of sp³-hybridized carbons (Fsp3) is 0.778. The van der Waals surface area contributed by atoms with Crippen LogP contribution in [0.2, 0.25) is 0 Å². The van der Waals surface area contributed by atoms with Crippen LogP contribution in [0.1, 0.15) is 65.2 Å². The van der Waals surface area contributed by atoms with E-state index in [9.17, 15) is 9.59 Å². The Balaban J connectivity index is 5.51. The molecule has 0 aliphatic heterocycles. The van der Waals surface area contributed by atoms with Gasteiger partial charge in [-0.25, -0.2) is 0 Å². The van der Waals surface area contributed by atoms with Gasteiger partial charge < -0.3 is 9.47 Å². The fourth-order valence-electron chi connectivity index (χ4n) is 2.83. The zero-order chi connectivity index (χ0) is 17.0. The van der Waals surface area contributed by atoms with Gasteiger partial charge in [-0.2, -0.15) is 0 Å². The summed E-state index contributed by atoms with van der Waals surface area (Å²) in [6, 6.07) is 0. The molecule has 22 heavy (non-hydrogen) atoms. The molecule has 0 bridgehead atoms. The number of carbonyl (C=O) groups excluding carboxylic acids is 2. The van der Waals surface area contributed by atoms with Crippen molar-refractivity contribution in [1.29, 1.82) is 0 Å². The summed E-state index contributed by atoms with van der Waals surface area (Å²) in [5.74, 6) is 1.02. The number of carbonyl (C=O) groups is 2. The van der Waals surface area contributed by atoms with Gasteiger partial charge >= 0.3 is 11.9 Å². The van der Waals surface area contributed by atoms with Gasteiger partial charge in [0.15, 0.2) is 5.41 Å². The molecule has 126 valence electrons. The number of methoxy groups -OCH3 is 2. The zero-order valence-electron chi connectivity index (χ0n) is 14.4. The molecule has 0 aromatic heterocycles. The van der Waals surface area contributed by atoms with Gasteiger partial charge in [0, 0.05) is 5.92 Å². The first-order valence-electron chi connectivity index (χ1n) is 8.18. The molecular formula is C18H30O4. The second-order valence-corrected chi connectivity index (χ2v) is 5.63. The Hall–Kier alpha value is -1.50. The average molecular weight is 310 g/mol. The number of unbranched alkanes of at least 4 members (excludes halogenated alkanes) is 4. The Bertz CT molecular complexity index is 365. The van der Waals surface area contributed by atoms with Crippen LogP contribution in [-0.2, 0) is 19.1 Å². The summed E-state index contributed by atoms with van der Waals surface area (Å²) in [4.78, 5) is 24.9. The molecule has 0 rings (SSSR count). The number of hydrogen-bond donors (Lipinski definition) is 0. The Morgan fingerprint density at radius 3 is 1.91 bits per heavy atom. The summed E-state index contributed by atoms with van der Waals surface area (Å²) >= 11 is 0. The van der Waals surface area contributed by atoms with E-state index < -0.39 is 23.3 Å². The van der Waals surface area contributed by atoms with Gasteiger partial charge in [-0.05, 0) is 12.8 Å². The average Bonchev–Trinajstić information content (AvgIpc) is 2.55. The fourth-order valence-corrected chi connectivity index (χ4v) is 2.83. The third-order valence-electron chi connectivity index (χ3n) is 4.17. The van der Waals surface area contributed by atoms with Gasteiger partial charge in [-0.3, -0.25) is 9.59 Å². The SMILES string of the molecule is C#CC(CCCCC)C(CCCCC)(C(=O)OC)C(=O)OC. The van der Waals surface area contributed by atoms with E-state index in [-0.39, 0.29) is 0 Å². The van der Waals surface area contributed by atoms with Crippen molar-refractivity contribution >= 4 is 11.9 Å². The van der Waals surface area contributed by atoms with Crippen molar-refractivity contribution in [3.05, 3.63) is 0 Å².